The van der Waals surface area contributed by atoms with Crippen LogP contribution >= 0.6 is 0 Å². The van der Waals surface area contributed by atoms with Crippen molar-refractivity contribution < 1.29 is 13.2 Å². The number of hydrogen-bond acceptors (Lipinski definition) is 5. The first kappa shape index (κ1) is 19.2. The number of nitrogens with zero attached hydrogens (tertiary/aromatic N) is 1. The van der Waals surface area contributed by atoms with E-state index >= 15 is 0 Å². The highest BCUT2D eigenvalue weighted by Gasteiger charge is 2.13. The standard InChI is InChI=1S/C18H25N3O3S/c1-21(2)12-3-13-24-17-8-4-15(5-9-17)14-20-25(22,23)18-10-6-16(19)7-11-18/h4-11,20H,3,12-14,19H2,1-2H3. The summed E-state index contributed by atoms with van der Waals surface area (Å²) in [4.78, 5) is 2.31. The Morgan fingerprint density at radius 3 is 2.28 bits per heavy atom. The molecule has 6 nitrogen and oxygen atoms in total. The smallest absolute Gasteiger partial charge is 0.240 e. The molecule has 3 N–H and O–H groups in total. The first-order valence-electron chi connectivity index (χ1n) is 8.08. The molecule has 0 bridgehead atoms. The Kier molecular flexibility index (Phi) is 6.81. The van der Waals surface area contributed by atoms with Crippen LogP contribution in [0.2, 0.25) is 0 Å². The molecular formula is C18H25N3O3S. The molecule has 0 saturated carbocycles. The minimum Gasteiger partial charge on any atom is -0.494 e. The van der Waals surface area contributed by atoms with E-state index in [-0.39, 0.29) is 11.4 Å². The number of anilines is 1. The van der Waals surface area contributed by atoms with E-state index in [2.05, 4.69) is 9.62 Å². The normalized spacial score (nSPS) is 11.6. The highest BCUT2D eigenvalue weighted by molar-refractivity contribution is 7.89. The van der Waals surface area contributed by atoms with Crippen LogP contribution in [0.1, 0.15) is 12.0 Å². The van der Waals surface area contributed by atoms with Crippen LogP contribution in [0.3, 0.4) is 0 Å². The van der Waals surface area contributed by atoms with Crippen LogP contribution in [0.5, 0.6) is 5.75 Å². The van der Waals surface area contributed by atoms with Gasteiger partial charge in [0.05, 0.1) is 11.5 Å². The third-order valence-electron chi connectivity index (χ3n) is 3.60. The predicted octanol–water partition coefficient (Wildman–Crippen LogP) is 2.08. The van der Waals surface area contributed by atoms with Gasteiger partial charge in [-0.3, -0.25) is 0 Å². The fraction of sp³-hybridized carbons (Fsp3) is 0.333. The molecule has 0 aromatic heterocycles. The van der Waals surface area contributed by atoms with Gasteiger partial charge in [0.15, 0.2) is 0 Å². The summed E-state index contributed by atoms with van der Waals surface area (Å²) < 4.78 is 32.7. The molecule has 25 heavy (non-hydrogen) atoms. The van der Waals surface area contributed by atoms with Gasteiger partial charge in [0.1, 0.15) is 5.75 Å². The molecule has 0 radical (unpaired) electrons. The Hall–Kier alpha value is -2.09. The summed E-state index contributed by atoms with van der Waals surface area (Å²) in [5, 5.41) is 0. The van der Waals surface area contributed by atoms with Gasteiger partial charge in [-0.15, -0.1) is 0 Å². The average Bonchev–Trinajstić information content (AvgIpc) is 2.58. The number of ether oxygens (including phenoxy) is 1. The third-order valence-corrected chi connectivity index (χ3v) is 5.02. The second kappa shape index (κ2) is 8.84. The van der Waals surface area contributed by atoms with E-state index in [0.717, 1.165) is 24.3 Å². The number of nitrogen functional groups attached to an aromatic ring is 1. The molecule has 7 heteroatoms. The topological polar surface area (TPSA) is 84.7 Å². The fourth-order valence-corrected chi connectivity index (χ4v) is 3.20. The zero-order chi connectivity index (χ0) is 18.3. The Morgan fingerprint density at radius 1 is 1.04 bits per heavy atom. The summed E-state index contributed by atoms with van der Waals surface area (Å²) in [7, 11) is 0.503. The molecule has 0 fully saturated rings. The van der Waals surface area contributed by atoms with Crippen molar-refractivity contribution in [2.24, 2.45) is 0 Å². The minimum absolute atomic E-state index is 0.197. The van der Waals surface area contributed by atoms with Crippen LogP contribution in [0.4, 0.5) is 5.69 Å². The SMILES string of the molecule is CN(C)CCCOc1ccc(CNS(=O)(=O)c2ccc(N)cc2)cc1. The van der Waals surface area contributed by atoms with E-state index < -0.39 is 10.0 Å². The Balaban J connectivity index is 1.85. The van der Waals surface area contributed by atoms with Crippen molar-refractivity contribution in [3.05, 3.63) is 54.1 Å². The Labute approximate surface area is 149 Å². The van der Waals surface area contributed by atoms with Crippen LogP contribution in [0.25, 0.3) is 0 Å². The lowest BCUT2D eigenvalue weighted by atomic mass is 10.2. The maximum Gasteiger partial charge on any atom is 0.240 e. The van der Waals surface area contributed by atoms with E-state index in [9.17, 15) is 8.42 Å². The number of sulfonamides is 1. The van der Waals surface area contributed by atoms with Gasteiger partial charge in [-0.1, -0.05) is 12.1 Å². The van der Waals surface area contributed by atoms with Crippen LogP contribution in [-0.4, -0.2) is 40.6 Å². The molecule has 0 aliphatic rings. The lowest BCUT2D eigenvalue weighted by Crippen LogP contribution is -2.23. The molecule has 2 aromatic carbocycles. The molecule has 2 rings (SSSR count). The first-order valence-corrected chi connectivity index (χ1v) is 9.57. The molecular weight excluding hydrogens is 338 g/mol. The van der Waals surface area contributed by atoms with Crippen LogP contribution in [0.15, 0.2) is 53.4 Å². The monoisotopic (exact) mass is 363 g/mol. The van der Waals surface area contributed by atoms with Crippen molar-refractivity contribution in [1.82, 2.24) is 9.62 Å². The Bertz CT molecular complexity index is 757. The fourth-order valence-electron chi connectivity index (χ4n) is 2.18. The second-order valence-electron chi connectivity index (χ2n) is 6.04. The van der Waals surface area contributed by atoms with Crippen molar-refractivity contribution in [3.63, 3.8) is 0 Å². The van der Waals surface area contributed by atoms with Gasteiger partial charge in [0, 0.05) is 18.8 Å². The largest absolute Gasteiger partial charge is 0.494 e. The zero-order valence-electron chi connectivity index (χ0n) is 14.6. The summed E-state index contributed by atoms with van der Waals surface area (Å²) in [6.07, 6.45) is 0.955. The molecule has 0 amide bonds. The molecule has 0 atom stereocenters. The Morgan fingerprint density at radius 2 is 1.68 bits per heavy atom. The van der Waals surface area contributed by atoms with Gasteiger partial charge in [-0.25, -0.2) is 13.1 Å². The second-order valence-corrected chi connectivity index (χ2v) is 7.81. The van der Waals surface area contributed by atoms with Crippen LogP contribution < -0.4 is 15.2 Å². The molecule has 0 aliphatic carbocycles. The number of benzene rings is 2. The van der Waals surface area contributed by atoms with Gasteiger partial charge in [0.2, 0.25) is 10.0 Å². The predicted molar refractivity (Wildman–Crippen MR) is 100.0 cm³/mol. The van der Waals surface area contributed by atoms with E-state index in [4.69, 9.17) is 10.5 Å². The summed E-state index contributed by atoms with van der Waals surface area (Å²) in [6, 6.07) is 13.5. The van der Waals surface area contributed by atoms with Gasteiger partial charge in [-0.05, 0) is 62.5 Å². The van der Waals surface area contributed by atoms with Gasteiger partial charge < -0.3 is 15.4 Å². The maximum absolute atomic E-state index is 12.2. The highest BCUT2D eigenvalue weighted by Crippen LogP contribution is 2.15. The molecule has 0 saturated heterocycles. The first-order chi connectivity index (χ1) is 11.9. The zero-order valence-corrected chi connectivity index (χ0v) is 15.4. The van der Waals surface area contributed by atoms with Crippen LogP contribution in [-0.2, 0) is 16.6 Å². The maximum atomic E-state index is 12.2. The van der Waals surface area contributed by atoms with Crippen molar-refractivity contribution >= 4 is 15.7 Å². The molecule has 0 spiro atoms. The molecule has 0 unspecified atom stereocenters. The molecule has 136 valence electrons. The van der Waals surface area contributed by atoms with Crippen molar-refractivity contribution in [1.29, 1.82) is 0 Å². The molecule has 0 heterocycles. The lowest BCUT2D eigenvalue weighted by molar-refractivity contribution is 0.281. The van der Waals surface area contributed by atoms with E-state index in [0.29, 0.717) is 12.3 Å². The quantitative estimate of drug-likeness (QED) is 0.526. The highest BCUT2D eigenvalue weighted by atomic mass is 32.2. The summed E-state index contributed by atoms with van der Waals surface area (Å²) in [5.41, 5.74) is 6.97. The van der Waals surface area contributed by atoms with Crippen molar-refractivity contribution in [2.75, 3.05) is 33.0 Å². The number of nitrogens with two attached hydrogens (primary N) is 1. The van der Waals surface area contributed by atoms with Gasteiger partial charge in [-0.2, -0.15) is 0 Å². The number of rotatable bonds is 9. The number of hydrogen-bond donors (Lipinski definition) is 2. The van der Waals surface area contributed by atoms with E-state index in [1.54, 1.807) is 12.1 Å². The van der Waals surface area contributed by atoms with E-state index in [1.165, 1.54) is 12.1 Å². The van der Waals surface area contributed by atoms with Gasteiger partial charge in [0.25, 0.3) is 0 Å². The van der Waals surface area contributed by atoms with Crippen molar-refractivity contribution in [2.45, 2.75) is 17.9 Å². The number of nitrogens with one attached hydrogen (secondary N) is 1. The summed E-state index contributed by atoms with van der Waals surface area (Å²) in [6.45, 7) is 1.85. The van der Waals surface area contributed by atoms with Crippen molar-refractivity contribution in [3.8, 4) is 5.75 Å². The summed E-state index contributed by atoms with van der Waals surface area (Å²) in [5.74, 6) is 0.781. The molecule has 2 aromatic rings. The average molecular weight is 363 g/mol. The molecule has 0 aliphatic heterocycles. The van der Waals surface area contributed by atoms with Gasteiger partial charge >= 0.3 is 0 Å². The van der Waals surface area contributed by atoms with Crippen LogP contribution in [0, 0.1) is 0 Å². The summed E-state index contributed by atoms with van der Waals surface area (Å²) >= 11 is 0. The third kappa shape index (κ3) is 6.38. The van der Waals surface area contributed by atoms with E-state index in [1.807, 2.05) is 38.4 Å². The lowest BCUT2D eigenvalue weighted by Gasteiger charge is -2.11. The minimum atomic E-state index is -3.55.